The van der Waals surface area contributed by atoms with Gasteiger partial charge in [0.05, 0.1) is 37.1 Å². The van der Waals surface area contributed by atoms with Crippen LogP contribution in [-0.2, 0) is 0 Å². The summed E-state index contributed by atoms with van der Waals surface area (Å²) >= 11 is 0. The molecular weight excluding hydrogens is 398 g/mol. The molecule has 158 valence electrons. The van der Waals surface area contributed by atoms with E-state index in [1.165, 1.54) is 13.2 Å². The minimum atomic E-state index is -1.20. The fraction of sp³-hybridized carbons (Fsp3) is 0.174. The van der Waals surface area contributed by atoms with E-state index in [-0.39, 0.29) is 17.1 Å². The van der Waals surface area contributed by atoms with Crippen molar-refractivity contribution >= 4 is 11.7 Å². The van der Waals surface area contributed by atoms with Gasteiger partial charge in [-0.2, -0.15) is 5.26 Å². The number of hydrogen-bond donors (Lipinski definition) is 2. The van der Waals surface area contributed by atoms with E-state index in [2.05, 4.69) is 4.98 Å². The molecule has 0 saturated carbocycles. The lowest BCUT2D eigenvalue weighted by molar-refractivity contribution is 0.0697. The van der Waals surface area contributed by atoms with Crippen molar-refractivity contribution in [2.75, 3.05) is 20.0 Å². The fourth-order valence-corrected chi connectivity index (χ4v) is 3.36. The van der Waals surface area contributed by atoms with Crippen LogP contribution < -0.4 is 19.9 Å². The molecule has 0 amide bonds. The number of carboxylic acid groups (broad SMARTS) is 1. The van der Waals surface area contributed by atoms with Gasteiger partial charge in [0.15, 0.2) is 11.5 Å². The molecule has 0 aliphatic rings. The van der Waals surface area contributed by atoms with Crippen LogP contribution in [0, 0.1) is 25.2 Å². The summed E-state index contributed by atoms with van der Waals surface area (Å²) in [5, 5.41) is 18.7. The van der Waals surface area contributed by atoms with Crippen LogP contribution in [0.5, 0.6) is 23.1 Å². The second kappa shape index (κ2) is 8.63. The number of benzene rings is 2. The molecule has 8 nitrogen and oxygen atoms in total. The van der Waals surface area contributed by atoms with Crippen LogP contribution in [0.1, 0.15) is 27.0 Å². The number of methoxy groups -OCH3 is 2. The number of rotatable bonds is 6. The van der Waals surface area contributed by atoms with Gasteiger partial charge in [-0.3, -0.25) is 0 Å². The minimum Gasteiger partial charge on any atom is -0.496 e. The van der Waals surface area contributed by atoms with E-state index >= 15 is 0 Å². The first-order valence-electron chi connectivity index (χ1n) is 9.24. The van der Waals surface area contributed by atoms with Crippen molar-refractivity contribution in [1.82, 2.24) is 4.98 Å². The maximum absolute atomic E-state index is 11.7. The molecule has 0 atom stereocenters. The smallest absolute Gasteiger partial charge is 0.339 e. The Kier molecular flexibility index (Phi) is 5.97. The molecule has 0 spiro atoms. The van der Waals surface area contributed by atoms with Gasteiger partial charge in [0.2, 0.25) is 5.88 Å². The summed E-state index contributed by atoms with van der Waals surface area (Å²) in [4.78, 5) is 15.9. The first-order valence-corrected chi connectivity index (χ1v) is 9.24. The molecule has 2 aromatic carbocycles. The number of hydrogen-bond acceptors (Lipinski definition) is 7. The largest absolute Gasteiger partial charge is 0.496 e. The number of aromatic carboxylic acids is 1. The number of nitrogens with zero attached hydrogens (tertiary/aromatic N) is 2. The number of nitrogen functional groups attached to an aromatic ring is 1. The van der Waals surface area contributed by atoms with Gasteiger partial charge in [-0.25, -0.2) is 9.78 Å². The molecule has 0 radical (unpaired) electrons. The fourth-order valence-electron chi connectivity index (χ4n) is 3.36. The maximum atomic E-state index is 11.7. The van der Waals surface area contributed by atoms with Crippen LogP contribution >= 0.6 is 0 Å². The predicted molar refractivity (Wildman–Crippen MR) is 115 cm³/mol. The van der Waals surface area contributed by atoms with Crippen LogP contribution in [-0.4, -0.2) is 30.3 Å². The van der Waals surface area contributed by atoms with Gasteiger partial charge >= 0.3 is 5.97 Å². The zero-order valence-corrected chi connectivity index (χ0v) is 17.5. The number of carbonyl (C=O) groups is 1. The first-order chi connectivity index (χ1) is 14.8. The molecule has 3 N–H and O–H groups in total. The molecule has 31 heavy (non-hydrogen) atoms. The van der Waals surface area contributed by atoms with Crippen molar-refractivity contribution in [2.24, 2.45) is 0 Å². The van der Waals surface area contributed by atoms with Gasteiger partial charge in [0, 0.05) is 12.3 Å². The van der Waals surface area contributed by atoms with E-state index in [1.807, 2.05) is 32.0 Å². The average Bonchev–Trinajstić information content (AvgIpc) is 2.75. The highest BCUT2D eigenvalue weighted by molar-refractivity contribution is 6.00. The van der Waals surface area contributed by atoms with Crippen LogP contribution in [0.3, 0.4) is 0 Å². The van der Waals surface area contributed by atoms with Gasteiger partial charge in [-0.05, 0) is 48.7 Å². The van der Waals surface area contributed by atoms with Gasteiger partial charge in [-0.15, -0.1) is 0 Å². The molecule has 1 heterocycles. The average molecular weight is 419 g/mol. The lowest BCUT2D eigenvalue weighted by Gasteiger charge is -2.19. The number of nitriles is 1. The van der Waals surface area contributed by atoms with Crippen molar-refractivity contribution < 1.29 is 24.1 Å². The van der Waals surface area contributed by atoms with Crippen molar-refractivity contribution in [3.8, 4) is 40.3 Å². The molecule has 8 heteroatoms. The number of ether oxygens (including phenoxy) is 3. The van der Waals surface area contributed by atoms with E-state index in [4.69, 9.17) is 25.2 Å². The summed E-state index contributed by atoms with van der Waals surface area (Å²) < 4.78 is 16.8. The number of pyridine rings is 1. The van der Waals surface area contributed by atoms with Crippen molar-refractivity contribution in [3.63, 3.8) is 0 Å². The Morgan fingerprint density at radius 2 is 1.74 bits per heavy atom. The highest BCUT2D eigenvalue weighted by atomic mass is 16.5. The number of nitrogens with two attached hydrogens (primary N) is 1. The summed E-state index contributed by atoms with van der Waals surface area (Å²) in [6.45, 7) is 3.72. The van der Waals surface area contributed by atoms with Crippen LogP contribution in [0.15, 0.2) is 36.5 Å². The summed E-state index contributed by atoms with van der Waals surface area (Å²) in [6, 6.07) is 10.4. The summed E-state index contributed by atoms with van der Waals surface area (Å²) in [5.74, 6) is 0.141. The van der Waals surface area contributed by atoms with Gasteiger partial charge in [0.1, 0.15) is 11.3 Å². The number of aryl methyl sites for hydroxylation is 1. The monoisotopic (exact) mass is 419 g/mol. The van der Waals surface area contributed by atoms with Crippen molar-refractivity contribution in [2.45, 2.75) is 13.8 Å². The van der Waals surface area contributed by atoms with E-state index in [1.54, 1.807) is 19.2 Å². The maximum Gasteiger partial charge on any atom is 0.339 e. The number of aromatic nitrogens is 1. The summed E-state index contributed by atoms with van der Waals surface area (Å²) in [7, 11) is 3.01. The highest BCUT2D eigenvalue weighted by Crippen LogP contribution is 2.44. The Bertz CT molecular complexity index is 1210. The molecule has 0 unspecified atom stereocenters. The Balaban J connectivity index is 2.29. The third-order valence-electron chi connectivity index (χ3n) is 4.91. The quantitative estimate of drug-likeness (QED) is 0.604. The summed E-state index contributed by atoms with van der Waals surface area (Å²) in [6.07, 6.45) is 1.15. The van der Waals surface area contributed by atoms with Gasteiger partial charge in [0.25, 0.3) is 0 Å². The van der Waals surface area contributed by atoms with E-state index in [0.29, 0.717) is 33.9 Å². The first kappa shape index (κ1) is 21.5. The molecule has 3 aromatic rings. The van der Waals surface area contributed by atoms with Crippen LogP contribution in [0.25, 0.3) is 11.1 Å². The lowest BCUT2D eigenvalue weighted by atomic mass is 9.93. The Morgan fingerprint density at radius 1 is 1.06 bits per heavy atom. The molecule has 0 fully saturated rings. The molecule has 3 rings (SSSR count). The summed E-state index contributed by atoms with van der Waals surface area (Å²) in [5.41, 5.74) is 9.17. The minimum absolute atomic E-state index is 0.0181. The predicted octanol–water partition coefficient (Wildman–Crippen LogP) is 4.33. The Morgan fingerprint density at radius 3 is 2.35 bits per heavy atom. The molecule has 0 aliphatic heterocycles. The van der Waals surface area contributed by atoms with Crippen molar-refractivity contribution in [1.29, 1.82) is 5.26 Å². The van der Waals surface area contributed by atoms with Crippen LogP contribution in [0.2, 0.25) is 0 Å². The third kappa shape index (κ3) is 3.94. The highest BCUT2D eigenvalue weighted by Gasteiger charge is 2.24. The molecule has 0 bridgehead atoms. The van der Waals surface area contributed by atoms with E-state index in [0.717, 1.165) is 17.3 Å². The second-order valence-corrected chi connectivity index (χ2v) is 6.74. The van der Waals surface area contributed by atoms with Gasteiger partial charge < -0.3 is 25.1 Å². The number of carboxylic acids is 1. The molecule has 0 saturated heterocycles. The van der Waals surface area contributed by atoms with Crippen LogP contribution in [0.4, 0.5) is 5.69 Å². The zero-order chi connectivity index (χ0) is 22.7. The number of anilines is 1. The molecule has 0 aliphatic carbocycles. The Labute approximate surface area is 179 Å². The standard InChI is InChI=1S/C23H21N3O5/c1-12-5-7-16(29-3)13(2)19(12)20-21(25)15(23(27)28)11-26-22(20)31-17-8-6-14(10-24)9-18(17)30-4/h5-9,11H,1-4H3,(H2,25,26)(H,27,28). The van der Waals surface area contributed by atoms with E-state index < -0.39 is 5.97 Å². The second-order valence-electron chi connectivity index (χ2n) is 6.74. The van der Waals surface area contributed by atoms with Crippen molar-refractivity contribution in [3.05, 3.63) is 58.8 Å². The van der Waals surface area contributed by atoms with Gasteiger partial charge in [-0.1, -0.05) is 6.07 Å². The normalized spacial score (nSPS) is 10.3. The zero-order valence-electron chi connectivity index (χ0n) is 17.5. The molecule has 1 aromatic heterocycles. The topological polar surface area (TPSA) is 128 Å². The molecular formula is C23H21N3O5. The third-order valence-corrected chi connectivity index (χ3v) is 4.91. The SMILES string of the molecule is COc1cc(C#N)ccc1Oc1ncc(C(=O)O)c(N)c1-c1c(C)ccc(OC)c1C. The van der Waals surface area contributed by atoms with E-state index in [9.17, 15) is 9.90 Å². The Hall–Kier alpha value is -4.25. The lowest BCUT2D eigenvalue weighted by Crippen LogP contribution is -2.08.